The minimum Gasteiger partial charge on any atom is -0.363 e. The van der Waals surface area contributed by atoms with Crippen LogP contribution in [0.25, 0.3) is 0 Å². The van der Waals surface area contributed by atoms with Gasteiger partial charge in [-0.3, -0.25) is 15.0 Å². The number of nitrogens with zero attached hydrogens (tertiary/aromatic N) is 3. The zero-order valence-electron chi connectivity index (χ0n) is 16.7. The Labute approximate surface area is 174 Å². The molecule has 2 aromatic carbocycles. The number of benzene rings is 2. The van der Waals surface area contributed by atoms with Gasteiger partial charge in [0.2, 0.25) is 0 Å². The fourth-order valence-electron chi connectivity index (χ4n) is 3.87. The first-order chi connectivity index (χ1) is 14.1. The second kappa shape index (κ2) is 8.65. The number of nitro benzene ring substituents is 1. The van der Waals surface area contributed by atoms with E-state index in [9.17, 15) is 27.3 Å². The van der Waals surface area contributed by atoms with Crippen molar-refractivity contribution in [2.24, 2.45) is 0 Å². The normalized spacial score (nSPS) is 16.5. The van der Waals surface area contributed by atoms with Gasteiger partial charge in [0.05, 0.1) is 9.82 Å². The second-order valence-corrected chi connectivity index (χ2v) is 9.31. The fraction of sp³-hybridized carbons (Fsp3) is 0.400. The summed E-state index contributed by atoms with van der Waals surface area (Å²) in [6.45, 7) is 3.89. The van der Waals surface area contributed by atoms with Crippen LogP contribution in [0.2, 0.25) is 0 Å². The molecule has 0 aliphatic carbocycles. The zero-order chi connectivity index (χ0) is 22.1. The van der Waals surface area contributed by atoms with Crippen LogP contribution in [0.4, 0.5) is 20.2 Å². The minimum absolute atomic E-state index is 0.102. The van der Waals surface area contributed by atoms with Crippen molar-refractivity contribution in [3.05, 3.63) is 63.7 Å². The van der Waals surface area contributed by atoms with Gasteiger partial charge in [-0.25, -0.2) is 17.2 Å². The van der Waals surface area contributed by atoms with Gasteiger partial charge < -0.3 is 4.90 Å². The van der Waals surface area contributed by atoms with E-state index < -0.39 is 26.4 Å². The number of hydrogen-bond donors (Lipinski definition) is 0. The van der Waals surface area contributed by atoms with Crippen LogP contribution in [-0.2, 0) is 9.84 Å². The summed E-state index contributed by atoms with van der Waals surface area (Å²) in [5, 5.41) is 11.5. The lowest BCUT2D eigenvalue weighted by molar-refractivity contribution is -0.384. The van der Waals surface area contributed by atoms with E-state index in [1.165, 1.54) is 24.3 Å². The summed E-state index contributed by atoms with van der Waals surface area (Å²) in [5.41, 5.74) is 0.520. The minimum atomic E-state index is -3.56. The van der Waals surface area contributed by atoms with Gasteiger partial charge in [0.25, 0.3) is 5.69 Å². The standard InChI is InChI=1S/C20H23F2N3O4S/c1-3-18(16-6-4-14(21)12-17(16)22)23-8-10-24(11-9-23)19-7-5-15(30(2,28)29)13-20(19)25(26)27/h4-7,12-13,18H,3,8-11H2,1-2H3. The fourth-order valence-corrected chi connectivity index (χ4v) is 4.51. The maximum absolute atomic E-state index is 14.3. The summed E-state index contributed by atoms with van der Waals surface area (Å²) in [5.74, 6) is -1.21. The topological polar surface area (TPSA) is 83.8 Å². The molecular formula is C20H23F2N3O4S. The third-order valence-electron chi connectivity index (χ3n) is 5.38. The van der Waals surface area contributed by atoms with Crippen molar-refractivity contribution >= 4 is 21.2 Å². The Morgan fingerprint density at radius 2 is 1.77 bits per heavy atom. The molecule has 0 radical (unpaired) electrons. The Kier molecular flexibility index (Phi) is 6.37. The largest absolute Gasteiger partial charge is 0.363 e. The number of anilines is 1. The number of sulfone groups is 1. The Hall–Kier alpha value is -2.59. The van der Waals surface area contributed by atoms with Crippen LogP contribution in [0.3, 0.4) is 0 Å². The molecule has 1 fully saturated rings. The molecule has 3 rings (SSSR count). The van der Waals surface area contributed by atoms with Gasteiger partial charge >= 0.3 is 0 Å². The van der Waals surface area contributed by atoms with Crippen molar-refractivity contribution in [3.63, 3.8) is 0 Å². The van der Waals surface area contributed by atoms with Gasteiger partial charge in [-0.05, 0) is 24.6 Å². The number of hydrogen-bond acceptors (Lipinski definition) is 6. The average molecular weight is 439 g/mol. The van der Waals surface area contributed by atoms with Gasteiger partial charge in [0.1, 0.15) is 17.3 Å². The lowest BCUT2D eigenvalue weighted by atomic mass is 10.0. The van der Waals surface area contributed by atoms with Crippen LogP contribution in [0.15, 0.2) is 41.3 Å². The first kappa shape index (κ1) is 22.1. The van der Waals surface area contributed by atoms with Gasteiger partial charge in [0, 0.05) is 56.2 Å². The van der Waals surface area contributed by atoms with Crippen molar-refractivity contribution in [1.29, 1.82) is 0 Å². The number of halogens is 2. The molecule has 10 heteroatoms. The van der Waals surface area contributed by atoms with Crippen molar-refractivity contribution in [2.75, 3.05) is 37.3 Å². The van der Waals surface area contributed by atoms with E-state index in [0.29, 0.717) is 43.9 Å². The summed E-state index contributed by atoms with van der Waals surface area (Å²) >= 11 is 0. The summed E-state index contributed by atoms with van der Waals surface area (Å²) in [6.07, 6.45) is 1.63. The molecule has 0 spiro atoms. The van der Waals surface area contributed by atoms with Crippen molar-refractivity contribution in [3.8, 4) is 0 Å². The predicted molar refractivity (Wildman–Crippen MR) is 109 cm³/mol. The molecule has 0 N–H and O–H groups in total. The van der Waals surface area contributed by atoms with E-state index in [4.69, 9.17) is 0 Å². The summed E-state index contributed by atoms with van der Waals surface area (Å²) in [6, 6.07) is 7.26. The van der Waals surface area contributed by atoms with Gasteiger partial charge in [-0.1, -0.05) is 13.0 Å². The Morgan fingerprint density at radius 3 is 2.30 bits per heavy atom. The van der Waals surface area contributed by atoms with Gasteiger partial charge in [-0.15, -0.1) is 0 Å². The van der Waals surface area contributed by atoms with Crippen LogP contribution < -0.4 is 4.90 Å². The number of nitro groups is 1. The van der Waals surface area contributed by atoms with Crippen molar-refractivity contribution in [1.82, 2.24) is 4.90 Å². The van der Waals surface area contributed by atoms with Crippen LogP contribution in [0.1, 0.15) is 24.9 Å². The number of piperazine rings is 1. The monoisotopic (exact) mass is 439 g/mol. The predicted octanol–water partition coefficient (Wildman–Crippen LogP) is 3.55. The molecule has 0 amide bonds. The van der Waals surface area contributed by atoms with Crippen LogP contribution >= 0.6 is 0 Å². The molecule has 7 nitrogen and oxygen atoms in total. The lowest BCUT2D eigenvalue weighted by Gasteiger charge is -2.40. The highest BCUT2D eigenvalue weighted by Crippen LogP contribution is 2.33. The summed E-state index contributed by atoms with van der Waals surface area (Å²) < 4.78 is 51.0. The van der Waals surface area contributed by atoms with Crippen LogP contribution in [0.5, 0.6) is 0 Å². The highest BCUT2D eigenvalue weighted by atomic mass is 32.2. The first-order valence-electron chi connectivity index (χ1n) is 9.54. The van der Waals surface area contributed by atoms with E-state index in [1.54, 1.807) is 0 Å². The van der Waals surface area contributed by atoms with E-state index in [2.05, 4.69) is 4.90 Å². The molecule has 1 saturated heterocycles. The second-order valence-electron chi connectivity index (χ2n) is 7.29. The highest BCUT2D eigenvalue weighted by molar-refractivity contribution is 7.90. The zero-order valence-corrected chi connectivity index (χ0v) is 17.5. The van der Waals surface area contributed by atoms with E-state index in [-0.39, 0.29) is 16.6 Å². The van der Waals surface area contributed by atoms with E-state index in [0.717, 1.165) is 18.4 Å². The lowest BCUT2D eigenvalue weighted by Crippen LogP contribution is -2.48. The molecule has 1 unspecified atom stereocenters. The maximum Gasteiger partial charge on any atom is 0.293 e. The molecule has 1 heterocycles. The summed E-state index contributed by atoms with van der Waals surface area (Å²) in [4.78, 5) is 14.7. The van der Waals surface area contributed by atoms with Crippen LogP contribution in [-0.4, -0.2) is 50.7 Å². The van der Waals surface area contributed by atoms with Crippen molar-refractivity contribution in [2.45, 2.75) is 24.3 Å². The molecular weight excluding hydrogens is 416 g/mol. The number of rotatable bonds is 6. The highest BCUT2D eigenvalue weighted by Gasteiger charge is 2.29. The van der Waals surface area contributed by atoms with Gasteiger partial charge in [0.15, 0.2) is 9.84 Å². The Morgan fingerprint density at radius 1 is 1.10 bits per heavy atom. The SMILES string of the molecule is CCC(c1ccc(F)cc1F)N1CCN(c2ccc(S(C)(=O)=O)cc2[N+](=O)[O-])CC1. The molecule has 1 aliphatic rings. The maximum atomic E-state index is 14.3. The molecule has 1 aliphatic heterocycles. The smallest absolute Gasteiger partial charge is 0.293 e. The average Bonchev–Trinajstić information content (AvgIpc) is 2.69. The Balaban J connectivity index is 1.80. The Bertz CT molecular complexity index is 1050. The van der Waals surface area contributed by atoms with Gasteiger partial charge in [-0.2, -0.15) is 0 Å². The summed E-state index contributed by atoms with van der Waals surface area (Å²) in [7, 11) is -3.56. The molecule has 1 atom stereocenters. The first-order valence-corrected chi connectivity index (χ1v) is 11.4. The quantitative estimate of drug-likeness (QED) is 0.506. The third-order valence-corrected chi connectivity index (χ3v) is 6.49. The molecule has 30 heavy (non-hydrogen) atoms. The van der Waals surface area contributed by atoms with E-state index in [1.807, 2.05) is 11.8 Å². The third kappa shape index (κ3) is 4.59. The molecule has 162 valence electrons. The molecule has 0 bridgehead atoms. The molecule has 2 aromatic rings. The molecule has 0 aromatic heterocycles. The van der Waals surface area contributed by atoms with Crippen molar-refractivity contribution < 1.29 is 22.1 Å². The van der Waals surface area contributed by atoms with E-state index >= 15 is 0 Å². The molecule has 0 saturated carbocycles. The van der Waals surface area contributed by atoms with Crippen LogP contribution in [0, 0.1) is 21.7 Å².